The predicted molar refractivity (Wildman–Crippen MR) is 44.2 cm³/mol. The lowest BCUT2D eigenvalue weighted by atomic mass is 9.99. The number of hydrogen-bond donors (Lipinski definition) is 0. The Kier molecular flexibility index (Phi) is 6.48. The van der Waals surface area contributed by atoms with Gasteiger partial charge < -0.3 is 0 Å². The lowest BCUT2D eigenvalue weighted by molar-refractivity contribution is 0.215. The van der Waals surface area contributed by atoms with Crippen LogP contribution in [-0.2, 0) is 0 Å². The first kappa shape index (κ1) is 10.9. The van der Waals surface area contributed by atoms with E-state index >= 15 is 0 Å². The van der Waals surface area contributed by atoms with Gasteiger partial charge in [-0.1, -0.05) is 20.3 Å². The molecule has 0 aromatic rings. The van der Waals surface area contributed by atoms with Crippen molar-refractivity contribution in [1.29, 1.82) is 0 Å². The molecule has 0 aliphatic carbocycles. The lowest BCUT2D eigenvalue weighted by Gasteiger charge is -2.13. The van der Waals surface area contributed by atoms with Gasteiger partial charge in [0.15, 0.2) is 0 Å². The fraction of sp³-hybridized carbons (Fsp3) is 1.00. The maximum atomic E-state index is 13.0. The van der Waals surface area contributed by atoms with Gasteiger partial charge in [0.2, 0.25) is 0 Å². The topological polar surface area (TPSA) is 0 Å². The first-order chi connectivity index (χ1) is 5.22. The van der Waals surface area contributed by atoms with Crippen molar-refractivity contribution in [3.63, 3.8) is 0 Å². The van der Waals surface area contributed by atoms with Gasteiger partial charge in [-0.2, -0.15) is 0 Å². The standard InChI is InChI=1S/C9H18F2/c1-3-8(2)9(11)6-4-5-7-10/h8-9H,3-7H2,1-2H3. The molecule has 0 nitrogen and oxygen atoms in total. The Balaban J connectivity index is 3.28. The number of alkyl halides is 2. The van der Waals surface area contributed by atoms with Crippen LogP contribution in [0, 0.1) is 5.92 Å². The summed E-state index contributed by atoms with van der Waals surface area (Å²) in [5.41, 5.74) is 0. The molecule has 0 aromatic carbocycles. The molecule has 0 saturated carbocycles. The molecule has 0 rings (SSSR count). The monoisotopic (exact) mass is 164 g/mol. The molecule has 0 spiro atoms. The molecule has 0 fully saturated rings. The second kappa shape index (κ2) is 6.56. The molecule has 0 aliphatic heterocycles. The summed E-state index contributed by atoms with van der Waals surface area (Å²) in [7, 11) is 0. The van der Waals surface area contributed by atoms with Crippen LogP contribution in [0.25, 0.3) is 0 Å². The highest BCUT2D eigenvalue weighted by Crippen LogP contribution is 2.16. The summed E-state index contributed by atoms with van der Waals surface area (Å²) in [6, 6.07) is 0. The summed E-state index contributed by atoms with van der Waals surface area (Å²) in [5.74, 6) is 0.134. The first-order valence-corrected chi connectivity index (χ1v) is 4.42. The SMILES string of the molecule is CCC(C)C(F)CCCCF. The Morgan fingerprint density at radius 1 is 1.27 bits per heavy atom. The van der Waals surface area contributed by atoms with E-state index in [1.807, 2.05) is 13.8 Å². The average Bonchev–Trinajstić information content (AvgIpc) is 2.03. The van der Waals surface area contributed by atoms with Crippen molar-refractivity contribution in [3.8, 4) is 0 Å². The second-order valence-corrected chi connectivity index (χ2v) is 3.09. The molecule has 2 heteroatoms. The summed E-state index contributed by atoms with van der Waals surface area (Å²) in [6.45, 7) is 3.57. The molecule has 0 radical (unpaired) electrons. The van der Waals surface area contributed by atoms with Crippen LogP contribution in [0.1, 0.15) is 39.5 Å². The lowest BCUT2D eigenvalue weighted by Crippen LogP contribution is -2.11. The van der Waals surface area contributed by atoms with E-state index in [0.29, 0.717) is 19.3 Å². The first-order valence-electron chi connectivity index (χ1n) is 4.42. The van der Waals surface area contributed by atoms with E-state index in [1.54, 1.807) is 0 Å². The van der Waals surface area contributed by atoms with Gasteiger partial charge in [0.25, 0.3) is 0 Å². The summed E-state index contributed by atoms with van der Waals surface area (Å²) in [4.78, 5) is 0. The van der Waals surface area contributed by atoms with E-state index in [1.165, 1.54) is 0 Å². The largest absolute Gasteiger partial charge is 0.251 e. The summed E-state index contributed by atoms with van der Waals surface area (Å²) in [6.07, 6.45) is 1.86. The summed E-state index contributed by atoms with van der Waals surface area (Å²) >= 11 is 0. The minimum atomic E-state index is -0.730. The highest BCUT2D eigenvalue weighted by atomic mass is 19.1. The number of rotatable bonds is 6. The maximum absolute atomic E-state index is 13.0. The third kappa shape index (κ3) is 5.16. The van der Waals surface area contributed by atoms with E-state index in [9.17, 15) is 8.78 Å². The summed E-state index contributed by atoms with van der Waals surface area (Å²) in [5, 5.41) is 0. The molecule has 0 aromatic heterocycles. The van der Waals surface area contributed by atoms with E-state index in [2.05, 4.69) is 0 Å². The molecule has 68 valence electrons. The Hall–Kier alpha value is -0.140. The van der Waals surface area contributed by atoms with Crippen LogP contribution in [0.15, 0.2) is 0 Å². The quantitative estimate of drug-likeness (QED) is 0.527. The van der Waals surface area contributed by atoms with Crippen molar-refractivity contribution < 1.29 is 8.78 Å². The van der Waals surface area contributed by atoms with Gasteiger partial charge in [-0.15, -0.1) is 0 Å². The van der Waals surface area contributed by atoms with Gasteiger partial charge in [-0.3, -0.25) is 4.39 Å². The zero-order valence-corrected chi connectivity index (χ0v) is 7.45. The van der Waals surface area contributed by atoms with Crippen molar-refractivity contribution in [3.05, 3.63) is 0 Å². The Morgan fingerprint density at radius 3 is 2.36 bits per heavy atom. The van der Waals surface area contributed by atoms with Gasteiger partial charge in [-0.05, 0) is 25.2 Å². The van der Waals surface area contributed by atoms with Crippen LogP contribution >= 0.6 is 0 Å². The van der Waals surface area contributed by atoms with Gasteiger partial charge >= 0.3 is 0 Å². The molecular weight excluding hydrogens is 146 g/mol. The molecule has 0 bridgehead atoms. The molecule has 0 saturated heterocycles. The molecule has 0 N–H and O–H groups in total. The Bertz CT molecular complexity index is 83.6. The average molecular weight is 164 g/mol. The Labute approximate surface area is 68.0 Å². The smallest absolute Gasteiger partial charge is 0.103 e. The van der Waals surface area contributed by atoms with Crippen molar-refractivity contribution in [2.45, 2.75) is 45.7 Å². The van der Waals surface area contributed by atoms with Crippen LogP contribution in [-0.4, -0.2) is 12.8 Å². The van der Waals surface area contributed by atoms with Crippen LogP contribution in [0.3, 0.4) is 0 Å². The van der Waals surface area contributed by atoms with Gasteiger partial charge in [0.1, 0.15) is 6.17 Å². The van der Waals surface area contributed by atoms with Crippen LogP contribution in [0.2, 0.25) is 0 Å². The molecule has 0 heterocycles. The normalized spacial score (nSPS) is 16.4. The fourth-order valence-corrected chi connectivity index (χ4v) is 0.974. The van der Waals surface area contributed by atoms with Crippen molar-refractivity contribution >= 4 is 0 Å². The molecule has 11 heavy (non-hydrogen) atoms. The molecule has 2 atom stereocenters. The van der Waals surface area contributed by atoms with Gasteiger partial charge in [0, 0.05) is 0 Å². The molecule has 0 aliphatic rings. The minimum absolute atomic E-state index is 0.134. The van der Waals surface area contributed by atoms with Crippen LogP contribution in [0.5, 0.6) is 0 Å². The second-order valence-electron chi connectivity index (χ2n) is 3.09. The van der Waals surface area contributed by atoms with Crippen molar-refractivity contribution in [2.75, 3.05) is 6.67 Å². The third-order valence-corrected chi connectivity index (χ3v) is 2.12. The van der Waals surface area contributed by atoms with E-state index in [-0.39, 0.29) is 12.6 Å². The van der Waals surface area contributed by atoms with Gasteiger partial charge in [-0.25, -0.2) is 4.39 Å². The number of halogens is 2. The van der Waals surface area contributed by atoms with E-state index in [0.717, 1.165) is 6.42 Å². The predicted octanol–water partition coefficient (Wildman–Crippen LogP) is 3.51. The highest BCUT2D eigenvalue weighted by Gasteiger charge is 2.12. The minimum Gasteiger partial charge on any atom is -0.251 e. The number of unbranched alkanes of at least 4 members (excludes halogenated alkanes) is 1. The van der Waals surface area contributed by atoms with Crippen molar-refractivity contribution in [2.24, 2.45) is 5.92 Å². The Morgan fingerprint density at radius 2 is 1.91 bits per heavy atom. The third-order valence-electron chi connectivity index (χ3n) is 2.12. The highest BCUT2D eigenvalue weighted by molar-refractivity contribution is 4.63. The number of hydrogen-bond acceptors (Lipinski definition) is 0. The van der Waals surface area contributed by atoms with Crippen LogP contribution in [0.4, 0.5) is 8.78 Å². The van der Waals surface area contributed by atoms with E-state index < -0.39 is 6.17 Å². The van der Waals surface area contributed by atoms with Crippen LogP contribution < -0.4 is 0 Å². The zero-order chi connectivity index (χ0) is 8.69. The molecule has 2 unspecified atom stereocenters. The summed E-state index contributed by atoms with van der Waals surface area (Å²) < 4.78 is 24.6. The molecular formula is C9H18F2. The van der Waals surface area contributed by atoms with Crippen molar-refractivity contribution in [1.82, 2.24) is 0 Å². The molecule has 0 amide bonds. The van der Waals surface area contributed by atoms with Gasteiger partial charge in [0.05, 0.1) is 6.67 Å². The fourth-order valence-electron chi connectivity index (χ4n) is 0.974. The zero-order valence-electron chi connectivity index (χ0n) is 7.45. The van der Waals surface area contributed by atoms with E-state index in [4.69, 9.17) is 0 Å². The maximum Gasteiger partial charge on any atom is 0.103 e.